The number of amides is 2. The summed E-state index contributed by atoms with van der Waals surface area (Å²) in [5, 5.41) is 16.6. The standard InChI is InChI=1S/C20H22F3N7O2/c1-2-20(22,23)18(32)29-9-5-19(4-7-24,6-10-29)30-12-14(16(25)31)17(28-30)27-13-3-8-26-15(21)11-13/h3,8,11-12H,2,4-6,9-10H2,1H3,(H2,25,31)(H,26,27,28). The van der Waals surface area contributed by atoms with Crippen molar-refractivity contribution >= 4 is 23.3 Å². The molecule has 0 saturated carbocycles. The van der Waals surface area contributed by atoms with E-state index < -0.39 is 35.6 Å². The van der Waals surface area contributed by atoms with Crippen molar-refractivity contribution < 1.29 is 22.8 Å². The molecule has 1 aliphatic heterocycles. The van der Waals surface area contributed by atoms with E-state index in [0.717, 1.165) is 11.0 Å². The molecule has 3 N–H and O–H groups in total. The molecule has 9 nitrogen and oxygen atoms in total. The van der Waals surface area contributed by atoms with Crippen LogP contribution in [-0.2, 0) is 10.3 Å². The van der Waals surface area contributed by atoms with E-state index in [0.29, 0.717) is 0 Å². The number of pyridine rings is 1. The summed E-state index contributed by atoms with van der Waals surface area (Å²) >= 11 is 0. The van der Waals surface area contributed by atoms with Gasteiger partial charge in [0.2, 0.25) is 5.95 Å². The van der Waals surface area contributed by atoms with E-state index in [1.807, 2.05) is 0 Å². The lowest BCUT2D eigenvalue weighted by atomic mass is 9.84. The summed E-state index contributed by atoms with van der Waals surface area (Å²) < 4.78 is 42.5. The van der Waals surface area contributed by atoms with Gasteiger partial charge in [-0.3, -0.25) is 14.3 Å². The molecular weight excluding hydrogens is 427 g/mol. The molecule has 1 fully saturated rings. The van der Waals surface area contributed by atoms with E-state index in [2.05, 4.69) is 21.5 Å². The molecule has 0 aliphatic carbocycles. The topological polar surface area (TPSA) is 130 Å². The number of nitriles is 1. The molecule has 3 rings (SSSR count). The molecule has 0 spiro atoms. The van der Waals surface area contributed by atoms with Gasteiger partial charge in [-0.25, -0.2) is 4.98 Å². The maximum atomic E-state index is 13.8. The van der Waals surface area contributed by atoms with Crippen molar-refractivity contribution in [3.63, 3.8) is 0 Å². The van der Waals surface area contributed by atoms with Gasteiger partial charge >= 0.3 is 5.92 Å². The molecule has 2 amide bonds. The van der Waals surface area contributed by atoms with Gasteiger partial charge in [0.1, 0.15) is 5.56 Å². The molecule has 3 heterocycles. The molecule has 0 aromatic carbocycles. The average molecular weight is 449 g/mol. The summed E-state index contributed by atoms with van der Waals surface area (Å²) in [7, 11) is 0. The molecule has 0 atom stereocenters. The molecule has 1 aliphatic rings. The van der Waals surface area contributed by atoms with Crippen molar-refractivity contribution in [1.82, 2.24) is 19.7 Å². The Bertz CT molecular complexity index is 1060. The fourth-order valence-electron chi connectivity index (χ4n) is 3.65. The third-order valence-corrected chi connectivity index (χ3v) is 5.60. The highest BCUT2D eigenvalue weighted by molar-refractivity contribution is 5.98. The van der Waals surface area contributed by atoms with Crippen LogP contribution in [-0.4, -0.2) is 50.5 Å². The second-order valence-electron chi connectivity index (χ2n) is 7.60. The lowest BCUT2D eigenvalue weighted by Crippen LogP contribution is -2.52. The predicted molar refractivity (Wildman–Crippen MR) is 107 cm³/mol. The first-order valence-electron chi connectivity index (χ1n) is 9.94. The van der Waals surface area contributed by atoms with Crippen LogP contribution in [0, 0.1) is 17.3 Å². The molecule has 12 heteroatoms. The number of hydrogen-bond acceptors (Lipinski definition) is 6. The third-order valence-electron chi connectivity index (χ3n) is 5.60. The third kappa shape index (κ3) is 4.51. The Hall–Kier alpha value is -3.62. The number of aromatic nitrogens is 3. The highest BCUT2D eigenvalue weighted by Gasteiger charge is 2.45. The number of alkyl halides is 2. The number of carbonyl (C=O) groups excluding carboxylic acids is 2. The number of likely N-dealkylation sites (tertiary alicyclic amines) is 1. The first-order chi connectivity index (χ1) is 15.1. The molecular formula is C20H22F3N7O2. The number of primary amides is 1. The van der Waals surface area contributed by atoms with Gasteiger partial charge in [0.05, 0.1) is 18.0 Å². The van der Waals surface area contributed by atoms with Crippen LogP contribution in [0.2, 0.25) is 0 Å². The fourth-order valence-corrected chi connectivity index (χ4v) is 3.65. The second-order valence-corrected chi connectivity index (χ2v) is 7.60. The van der Waals surface area contributed by atoms with Gasteiger partial charge < -0.3 is 16.0 Å². The number of halogens is 3. The van der Waals surface area contributed by atoms with Gasteiger partial charge in [-0.1, -0.05) is 6.92 Å². The summed E-state index contributed by atoms with van der Waals surface area (Å²) in [6, 6.07) is 4.64. The quantitative estimate of drug-likeness (QED) is 0.625. The van der Waals surface area contributed by atoms with E-state index in [4.69, 9.17) is 5.73 Å². The number of hydrogen-bond donors (Lipinski definition) is 2. The van der Waals surface area contributed by atoms with Crippen LogP contribution in [0.5, 0.6) is 0 Å². The minimum atomic E-state index is -3.45. The maximum absolute atomic E-state index is 13.8. The number of rotatable bonds is 7. The first-order valence-corrected chi connectivity index (χ1v) is 9.94. The van der Waals surface area contributed by atoms with Crippen LogP contribution in [0.25, 0.3) is 0 Å². The van der Waals surface area contributed by atoms with E-state index in [1.165, 1.54) is 30.1 Å². The Kier molecular flexibility index (Phi) is 6.38. The smallest absolute Gasteiger partial charge is 0.324 e. The van der Waals surface area contributed by atoms with Gasteiger partial charge in [0.25, 0.3) is 11.8 Å². The Morgan fingerprint density at radius 1 is 1.38 bits per heavy atom. The number of carbonyl (C=O) groups is 2. The zero-order valence-electron chi connectivity index (χ0n) is 17.3. The summed E-state index contributed by atoms with van der Waals surface area (Å²) in [5.41, 5.74) is 4.82. The molecule has 2 aromatic rings. The second kappa shape index (κ2) is 8.86. The number of nitrogens with zero attached hydrogens (tertiary/aromatic N) is 5. The minimum Gasteiger partial charge on any atom is -0.365 e. The largest absolute Gasteiger partial charge is 0.365 e. The Morgan fingerprint density at radius 3 is 2.62 bits per heavy atom. The van der Waals surface area contributed by atoms with Crippen LogP contribution >= 0.6 is 0 Å². The van der Waals surface area contributed by atoms with E-state index >= 15 is 0 Å². The van der Waals surface area contributed by atoms with Crippen LogP contribution < -0.4 is 11.1 Å². The normalized spacial score (nSPS) is 15.8. The monoisotopic (exact) mass is 449 g/mol. The maximum Gasteiger partial charge on any atom is 0.324 e. The Labute approximate surface area is 182 Å². The van der Waals surface area contributed by atoms with Crippen LogP contribution in [0.4, 0.5) is 24.7 Å². The molecule has 170 valence electrons. The van der Waals surface area contributed by atoms with Crippen LogP contribution in [0.15, 0.2) is 24.5 Å². The summed E-state index contributed by atoms with van der Waals surface area (Å²) in [6.45, 7) is 1.24. The molecule has 32 heavy (non-hydrogen) atoms. The fraction of sp³-hybridized carbons (Fsp3) is 0.450. The van der Waals surface area contributed by atoms with Gasteiger partial charge in [-0.05, 0) is 18.9 Å². The van der Waals surface area contributed by atoms with Crippen molar-refractivity contribution in [3.05, 3.63) is 36.0 Å². The number of anilines is 2. The molecule has 0 unspecified atom stereocenters. The lowest BCUT2D eigenvalue weighted by Gasteiger charge is -2.41. The molecule has 0 bridgehead atoms. The molecule has 2 aromatic heterocycles. The summed E-state index contributed by atoms with van der Waals surface area (Å²) in [4.78, 5) is 28.6. The van der Waals surface area contributed by atoms with Crippen LogP contribution in [0.1, 0.15) is 43.0 Å². The zero-order chi connectivity index (χ0) is 23.5. The van der Waals surface area contributed by atoms with Crippen molar-refractivity contribution in [1.29, 1.82) is 5.26 Å². The van der Waals surface area contributed by atoms with Gasteiger partial charge in [-0.2, -0.15) is 23.5 Å². The molecule has 0 radical (unpaired) electrons. The van der Waals surface area contributed by atoms with Crippen molar-refractivity contribution in [2.45, 2.75) is 44.1 Å². The minimum absolute atomic E-state index is 0.000194. The van der Waals surface area contributed by atoms with E-state index in [9.17, 15) is 28.0 Å². The van der Waals surface area contributed by atoms with E-state index in [-0.39, 0.29) is 49.4 Å². The number of nitrogens with two attached hydrogens (primary N) is 1. The summed E-state index contributed by atoms with van der Waals surface area (Å²) in [5.74, 6) is -6.17. The predicted octanol–water partition coefficient (Wildman–Crippen LogP) is 2.54. The van der Waals surface area contributed by atoms with Gasteiger partial charge in [0.15, 0.2) is 5.82 Å². The zero-order valence-corrected chi connectivity index (χ0v) is 17.3. The van der Waals surface area contributed by atoms with E-state index in [1.54, 1.807) is 0 Å². The number of piperidine rings is 1. The highest BCUT2D eigenvalue weighted by atomic mass is 19.3. The molecule has 1 saturated heterocycles. The SMILES string of the molecule is CCC(F)(F)C(=O)N1CCC(CC#N)(n2cc(C(N)=O)c(Nc3ccnc(F)c3)n2)CC1. The van der Waals surface area contributed by atoms with Crippen molar-refractivity contribution in [2.24, 2.45) is 5.73 Å². The van der Waals surface area contributed by atoms with Crippen molar-refractivity contribution in [2.75, 3.05) is 18.4 Å². The first kappa shape index (κ1) is 23.1. The van der Waals surface area contributed by atoms with Crippen LogP contribution in [0.3, 0.4) is 0 Å². The van der Waals surface area contributed by atoms with Crippen molar-refractivity contribution in [3.8, 4) is 6.07 Å². The average Bonchev–Trinajstić information content (AvgIpc) is 3.18. The highest BCUT2D eigenvalue weighted by Crippen LogP contribution is 2.36. The number of nitrogens with one attached hydrogen (secondary N) is 1. The van der Waals surface area contributed by atoms with Gasteiger partial charge in [-0.15, -0.1) is 0 Å². The Morgan fingerprint density at radius 2 is 2.06 bits per heavy atom. The summed E-state index contributed by atoms with van der Waals surface area (Å²) in [6.07, 6.45) is 2.33. The van der Waals surface area contributed by atoms with Gasteiger partial charge in [0, 0.05) is 43.7 Å². The Balaban J connectivity index is 1.89. The lowest BCUT2D eigenvalue weighted by molar-refractivity contribution is -0.160.